The lowest BCUT2D eigenvalue weighted by Gasteiger charge is -1.99. The number of aromatic nitrogens is 2. The van der Waals surface area contributed by atoms with Crippen LogP contribution in [0.3, 0.4) is 0 Å². The first kappa shape index (κ1) is 7.59. The highest BCUT2D eigenvalue weighted by Gasteiger charge is 1.96. The number of H-pyrrole nitrogens is 1. The van der Waals surface area contributed by atoms with E-state index in [9.17, 15) is 4.79 Å². The molecule has 0 fully saturated rings. The third kappa shape index (κ3) is 1.96. The van der Waals surface area contributed by atoms with Crippen molar-refractivity contribution in [2.75, 3.05) is 12.3 Å². The molecule has 0 radical (unpaired) electrons. The SMILES string of the molecule is CCOc1cc(N)[nH]c(=O)n1. The summed E-state index contributed by atoms with van der Waals surface area (Å²) in [5, 5.41) is 0. The second kappa shape index (κ2) is 3.05. The second-order valence-electron chi connectivity index (χ2n) is 1.91. The van der Waals surface area contributed by atoms with Gasteiger partial charge in [-0.3, -0.25) is 4.98 Å². The maximum absolute atomic E-state index is 10.7. The molecule has 0 amide bonds. The van der Waals surface area contributed by atoms with Crippen LogP contribution < -0.4 is 16.2 Å². The van der Waals surface area contributed by atoms with E-state index in [-0.39, 0.29) is 11.7 Å². The van der Waals surface area contributed by atoms with Crippen LogP contribution in [0.25, 0.3) is 0 Å². The van der Waals surface area contributed by atoms with Crippen molar-refractivity contribution in [1.29, 1.82) is 0 Å². The summed E-state index contributed by atoms with van der Waals surface area (Å²) >= 11 is 0. The van der Waals surface area contributed by atoms with Crippen LogP contribution in [0.2, 0.25) is 0 Å². The molecule has 1 rings (SSSR count). The first-order valence-electron chi connectivity index (χ1n) is 3.22. The Hall–Kier alpha value is -1.52. The van der Waals surface area contributed by atoms with Gasteiger partial charge in [0.2, 0.25) is 5.88 Å². The molecule has 0 aliphatic carbocycles. The molecule has 1 aromatic heterocycles. The van der Waals surface area contributed by atoms with E-state index in [1.165, 1.54) is 6.07 Å². The first-order valence-corrected chi connectivity index (χ1v) is 3.22. The molecule has 1 heterocycles. The van der Waals surface area contributed by atoms with E-state index < -0.39 is 5.69 Å². The predicted molar refractivity (Wildman–Crippen MR) is 40.4 cm³/mol. The number of nitrogen functional groups attached to an aromatic ring is 1. The van der Waals surface area contributed by atoms with Crippen molar-refractivity contribution in [1.82, 2.24) is 9.97 Å². The number of hydrogen-bond acceptors (Lipinski definition) is 4. The Morgan fingerprint density at radius 1 is 1.82 bits per heavy atom. The lowest BCUT2D eigenvalue weighted by Crippen LogP contribution is -2.13. The Labute approximate surface area is 63.2 Å². The number of nitrogens with one attached hydrogen (secondary N) is 1. The fraction of sp³-hybridized carbons (Fsp3) is 0.333. The lowest BCUT2D eigenvalue weighted by atomic mass is 10.6. The van der Waals surface area contributed by atoms with Gasteiger partial charge in [-0.25, -0.2) is 4.79 Å². The van der Waals surface area contributed by atoms with E-state index in [1.807, 2.05) is 0 Å². The fourth-order valence-electron chi connectivity index (χ4n) is 0.675. The Morgan fingerprint density at radius 3 is 3.09 bits per heavy atom. The Morgan fingerprint density at radius 2 is 2.55 bits per heavy atom. The summed E-state index contributed by atoms with van der Waals surface area (Å²) in [6.45, 7) is 2.27. The summed E-state index contributed by atoms with van der Waals surface area (Å²) < 4.78 is 4.96. The maximum atomic E-state index is 10.7. The van der Waals surface area contributed by atoms with Crippen LogP contribution in [0, 0.1) is 0 Å². The number of aromatic amines is 1. The second-order valence-corrected chi connectivity index (χ2v) is 1.91. The Kier molecular flexibility index (Phi) is 2.10. The van der Waals surface area contributed by atoms with Gasteiger partial charge in [0.05, 0.1) is 6.61 Å². The topological polar surface area (TPSA) is 81.0 Å². The van der Waals surface area contributed by atoms with Crippen LogP contribution in [0.15, 0.2) is 10.9 Å². The van der Waals surface area contributed by atoms with Gasteiger partial charge in [-0.2, -0.15) is 4.98 Å². The molecule has 3 N–H and O–H groups in total. The number of ether oxygens (including phenoxy) is 1. The first-order chi connectivity index (χ1) is 5.22. The maximum Gasteiger partial charge on any atom is 0.349 e. The third-order valence-electron chi connectivity index (χ3n) is 1.03. The quantitative estimate of drug-likeness (QED) is 0.617. The van der Waals surface area contributed by atoms with Crippen molar-refractivity contribution in [3.8, 4) is 5.88 Å². The molecule has 0 saturated heterocycles. The number of rotatable bonds is 2. The molecule has 0 atom stereocenters. The minimum absolute atomic E-state index is 0.258. The highest BCUT2D eigenvalue weighted by atomic mass is 16.5. The molecule has 0 spiro atoms. The van der Waals surface area contributed by atoms with Crippen molar-refractivity contribution in [2.24, 2.45) is 0 Å². The highest BCUT2D eigenvalue weighted by molar-refractivity contribution is 5.30. The molecule has 1 aromatic rings. The van der Waals surface area contributed by atoms with E-state index in [4.69, 9.17) is 10.5 Å². The standard InChI is InChI=1S/C6H9N3O2/c1-2-11-5-3-4(7)8-6(10)9-5/h3H,2H2,1H3,(H3,7,8,9,10). The van der Waals surface area contributed by atoms with Crippen LogP contribution in [0.5, 0.6) is 5.88 Å². The smallest absolute Gasteiger partial charge is 0.349 e. The van der Waals surface area contributed by atoms with E-state index in [0.29, 0.717) is 6.61 Å². The van der Waals surface area contributed by atoms with Gasteiger partial charge in [0, 0.05) is 6.07 Å². The predicted octanol–water partition coefficient (Wildman–Crippen LogP) is -0.249. The zero-order valence-corrected chi connectivity index (χ0v) is 6.13. The summed E-state index contributed by atoms with van der Waals surface area (Å²) in [4.78, 5) is 16.5. The molecule has 0 bridgehead atoms. The van der Waals surface area contributed by atoms with Crippen molar-refractivity contribution in [3.63, 3.8) is 0 Å². The summed E-state index contributed by atoms with van der Waals surface area (Å²) in [5.41, 5.74) is 4.82. The summed E-state index contributed by atoms with van der Waals surface area (Å²) in [5.74, 6) is 0.516. The van der Waals surface area contributed by atoms with Gasteiger partial charge in [-0.1, -0.05) is 0 Å². The van der Waals surface area contributed by atoms with Crippen molar-refractivity contribution >= 4 is 5.82 Å². The van der Waals surface area contributed by atoms with E-state index in [0.717, 1.165) is 0 Å². The molecule has 11 heavy (non-hydrogen) atoms. The highest BCUT2D eigenvalue weighted by Crippen LogP contribution is 2.04. The normalized spacial score (nSPS) is 9.55. The van der Waals surface area contributed by atoms with Crippen LogP contribution in [-0.2, 0) is 0 Å². The molecule has 5 nitrogen and oxygen atoms in total. The lowest BCUT2D eigenvalue weighted by molar-refractivity contribution is 0.325. The minimum atomic E-state index is -0.492. The van der Waals surface area contributed by atoms with Gasteiger partial charge in [0.25, 0.3) is 0 Å². The van der Waals surface area contributed by atoms with E-state index in [1.54, 1.807) is 6.92 Å². The van der Waals surface area contributed by atoms with Gasteiger partial charge in [-0.05, 0) is 6.92 Å². The monoisotopic (exact) mass is 155 g/mol. The van der Waals surface area contributed by atoms with Crippen molar-refractivity contribution in [3.05, 3.63) is 16.6 Å². The molecule has 0 saturated carbocycles. The average molecular weight is 155 g/mol. The number of nitrogens with zero attached hydrogens (tertiary/aromatic N) is 1. The Balaban J connectivity index is 2.99. The van der Waals surface area contributed by atoms with Crippen LogP contribution in [0.4, 0.5) is 5.82 Å². The zero-order chi connectivity index (χ0) is 8.27. The van der Waals surface area contributed by atoms with Crippen LogP contribution >= 0.6 is 0 Å². The van der Waals surface area contributed by atoms with Crippen LogP contribution in [0.1, 0.15) is 6.92 Å². The van der Waals surface area contributed by atoms with E-state index >= 15 is 0 Å². The molecule has 60 valence electrons. The largest absolute Gasteiger partial charge is 0.478 e. The molecule has 0 aromatic carbocycles. The number of anilines is 1. The molecular weight excluding hydrogens is 146 g/mol. The summed E-state index contributed by atoms with van der Waals surface area (Å²) in [6, 6.07) is 1.46. The average Bonchev–Trinajstić information content (AvgIpc) is 1.85. The molecule has 5 heteroatoms. The zero-order valence-electron chi connectivity index (χ0n) is 6.13. The molecule has 0 aliphatic heterocycles. The van der Waals surface area contributed by atoms with Gasteiger partial charge in [-0.15, -0.1) is 0 Å². The van der Waals surface area contributed by atoms with Gasteiger partial charge < -0.3 is 10.5 Å². The summed E-state index contributed by atoms with van der Waals surface area (Å²) in [7, 11) is 0. The van der Waals surface area contributed by atoms with Crippen molar-refractivity contribution < 1.29 is 4.74 Å². The number of nitrogens with two attached hydrogens (primary N) is 1. The van der Waals surface area contributed by atoms with Gasteiger partial charge in [0.1, 0.15) is 5.82 Å². The van der Waals surface area contributed by atoms with Gasteiger partial charge in [0.15, 0.2) is 0 Å². The van der Waals surface area contributed by atoms with E-state index in [2.05, 4.69) is 9.97 Å². The van der Waals surface area contributed by atoms with Gasteiger partial charge >= 0.3 is 5.69 Å². The third-order valence-corrected chi connectivity index (χ3v) is 1.03. The Bertz CT molecular complexity index is 294. The van der Waals surface area contributed by atoms with Crippen LogP contribution in [-0.4, -0.2) is 16.6 Å². The summed E-state index contributed by atoms with van der Waals surface area (Å²) in [6.07, 6.45) is 0. The fourth-order valence-corrected chi connectivity index (χ4v) is 0.675. The minimum Gasteiger partial charge on any atom is -0.478 e. The van der Waals surface area contributed by atoms with Crippen molar-refractivity contribution in [2.45, 2.75) is 6.92 Å². The number of hydrogen-bond donors (Lipinski definition) is 2. The molecular formula is C6H9N3O2. The molecule has 0 aliphatic rings. The molecule has 0 unspecified atom stereocenters.